The summed E-state index contributed by atoms with van der Waals surface area (Å²) in [6.45, 7) is 0.0723. The van der Waals surface area contributed by atoms with Gasteiger partial charge in [-0.2, -0.15) is 0 Å². The van der Waals surface area contributed by atoms with Gasteiger partial charge in [-0.3, -0.25) is 15.1 Å². The van der Waals surface area contributed by atoms with Gasteiger partial charge in [0.25, 0.3) is 5.91 Å². The zero-order chi connectivity index (χ0) is 19.9. The molecule has 2 N–H and O–H groups in total. The van der Waals surface area contributed by atoms with E-state index in [1.165, 1.54) is 12.3 Å². The minimum Gasteiger partial charge on any atom is -0.489 e. The molecule has 1 heterocycles. The highest BCUT2D eigenvalue weighted by Gasteiger charge is 2.08. The van der Waals surface area contributed by atoms with Crippen molar-refractivity contribution in [1.82, 2.24) is 10.3 Å². The minimum atomic E-state index is -0.925. The predicted octanol–water partition coefficient (Wildman–Crippen LogP) is 4.07. The second-order valence-electron chi connectivity index (χ2n) is 5.71. The van der Waals surface area contributed by atoms with Crippen molar-refractivity contribution in [3.63, 3.8) is 0 Å². The van der Waals surface area contributed by atoms with Gasteiger partial charge in [-0.05, 0) is 54.2 Å². The summed E-state index contributed by atoms with van der Waals surface area (Å²) in [5.41, 5.74) is 1.48. The molecule has 8 heteroatoms. The van der Waals surface area contributed by atoms with Crippen molar-refractivity contribution in [3.8, 4) is 5.75 Å². The number of hydrogen-bond donors (Lipinski definition) is 2. The average Bonchev–Trinajstić information content (AvgIpc) is 2.70. The number of anilines is 1. The topological polar surface area (TPSA) is 63.2 Å². The van der Waals surface area contributed by atoms with Crippen molar-refractivity contribution >= 4 is 28.9 Å². The third-order valence-electron chi connectivity index (χ3n) is 3.63. The van der Waals surface area contributed by atoms with Crippen molar-refractivity contribution in [1.29, 1.82) is 0 Å². The van der Waals surface area contributed by atoms with Gasteiger partial charge < -0.3 is 10.1 Å². The van der Waals surface area contributed by atoms with E-state index >= 15 is 0 Å². The molecule has 0 radical (unpaired) electrons. The molecule has 0 aliphatic rings. The van der Waals surface area contributed by atoms with Crippen LogP contribution in [0.3, 0.4) is 0 Å². The normalized spacial score (nSPS) is 10.2. The molecule has 0 atom stereocenters. The molecule has 1 aromatic heterocycles. The molecule has 142 valence electrons. The number of hydrogen-bond acceptors (Lipinski definition) is 4. The van der Waals surface area contributed by atoms with Crippen LogP contribution in [-0.4, -0.2) is 16.0 Å². The lowest BCUT2D eigenvalue weighted by molar-refractivity contribution is 0.0977. The van der Waals surface area contributed by atoms with Gasteiger partial charge in [0.1, 0.15) is 12.4 Å². The first-order chi connectivity index (χ1) is 13.5. The molecule has 0 saturated carbocycles. The summed E-state index contributed by atoms with van der Waals surface area (Å²) in [5.74, 6) is -1.71. The van der Waals surface area contributed by atoms with Crippen LogP contribution in [0, 0.1) is 11.6 Å². The van der Waals surface area contributed by atoms with Gasteiger partial charge >= 0.3 is 0 Å². The first kappa shape index (κ1) is 19.4. The zero-order valence-electron chi connectivity index (χ0n) is 14.5. The summed E-state index contributed by atoms with van der Waals surface area (Å²) in [6, 6.07) is 13.7. The van der Waals surface area contributed by atoms with E-state index in [0.717, 1.165) is 12.1 Å². The van der Waals surface area contributed by atoms with Crippen LogP contribution in [0.15, 0.2) is 67.0 Å². The largest absolute Gasteiger partial charge is 0.489 e. The van der Waals surface area contributed by atoms with Crippen LogP contribution in [0.2, 0.25) is 0 Å². The van der Waals surface area contributed by atoms with Crippen molar-refractivity contribution in [3.05, 3.63) is 89.8 Å². The molecule has 1 amide bonds. The maximum Gasteiger partial charge on any atom is 0.258 e. The summed E-state index contributed by atoms with van der Waals surface area (Å²) >= 11 is 5.14. The maximum absolute atomic E-state index is 13.2. The Kier molecular flexibility index (Phi) is 6.23. The summed E-state index contributed by atoms with van der Waals surface area (Å²) in [4.78, 5) is 15.9. The molecular formula is C20H15F2N3O2S. The molecule has 0 aliphatic carbocycles. The lowest BCUT2D eigenvalue weighted by atomic mass is 10.2. The molecule has 0 aliphatic heterocycles. The summed E-state index contributed by atoms with van der Waals surface area (Å²) in [7, 11) is 0. The molecule has 3 rings (SSSR count). The highest BCUT2D eigenvalue weighted by molar-refractivity contribution is 7.80. The number of nitrogens with zero attached hydrogens (tertiary/aromatic N) is 1. The van der Waals surface area contributed by atoms with E-state index in [0.29, 0.717) is 22.6 Å². The molecule has 5 nitrogen and oxygen atoms in total. The number of carbonyl (C=O) groups is 1. The second-order valence-corrected chi connectivity index (χ2v) is 6.12. The van der Waals surface area contributed by atoms with Crippen molar-refractivity contribution < 1.29 is 18.3 Å². The minimum absolute atomic E-state index is 0.0723. The van der Waals surface area contributed by atoms with Crippen LogP contribution in [0.25, 0.3) is 0 Å². The number of rotatable bonds is 5. The standard InChI is InChI=1S/C20H15F2N3O2S/c21-17-7-6-13(9-18(17)22)12-27-16-5-1-4-15(10-16)24-20(28)25-19(26)14-3-2-8-23-11-14/h1-11H,12H2,(H2,24,25,26,28). The van der Waals surface area contributed by atoms with Gasteiger partial charge in [-0.15, -0.1) is 0 Å². The Balaban J connectivity index is 1.57. The average molecular weight is 399 g/mol. The van der Waals surface area contributed by atoms with Crippen molar-refractivity contribution in [2.24, 2.45) is 0 Å². The Labute approximate surface area is 165 Å². The van der Waals surface area contributed by atoms with E-state index in [-0.39, 0.29) is 17.6 Å². The monoisotopic (exact) mass is 399 g/mol. The van der Waals surface area contributed by atoms with E-state index < -0.39 is 11.6 Å². The van der Waals surface area contributed by atoms with Crippen LogP contribution in [0.1, 0.15) is 15.9 Å². The van der Waals surface area contributed by atoms with Crippen LogP contribution in [0.5, 0.6) is 5.75 Å². The summed E-state index contributed by atoms with van der Waals surface area (Å²) in [6.07, 6.45) is 3.00. The number of halogens is 2. The quantitative estimate of drug-likeness (QED) is 0.634. The number of carbonyl (C=O) groups excluding carboxylic acids is 1. The number of nitrogens with one attached hydrogen (secondary N) is 2. The smallest absolute Gasteiger partial charge is 0.258 e. The maximum atomic E-state index is 13.2. The van der Waals surface area contributed by atoms with Gasteiger partial charge in [-0.25, -0.2) is 8.78 Å². The fourth-order valence-corrected chi connectivity index (χ4v) is 2.50. The van der Waals surface area contributed by atoms with Crippen molar-refractivity contribution in [2.45, 2.75) is 6.61 Å². The van der Waals surface area contributed by atoms with E-state index in [1.807, 2.05) is 0 Å². The Bertz CT molecular complexity index is 1000. The van der Waals surface area contributed by atoms with E-state index in [4.69, 9.17) is 17.0 Å². The number of thiocarbonyl (C=S) groups is 1. The molecule has 0 unspecified atom stereocenters. The molecule has 3 aromatic rings. The predicted molar refractivity (Wildman–Crippen MR) is 105 cm³/mol. The summed E-state index contributed by atoms with van der Waals surface area (Å²) < 4.78 is 31.8. The van der Waals surface area contributed by atoms with Crippen LogP contribution in [-0.2, 0) is 6.61 Å². The third-order valence-corrected chi connectivity index (χ3v) is 3.84. The zero-order valence-corrected chi connectivity index (χ0v) is 15.3. The van der Waals surface area contributed by atoms with Gasteiger partial charge in [0.2, 0.25) is 0 Å². The molecule has 28 heavy (non-hydrogen) atoms. The van der Waals surface area contributed by atoms with Gasteiger partial charge in [0.15, 0.2) is 16.7 Å². The van der Waals surface area contributed by atoms with E-state index in [9.17, 15) is 13.6 Å². The molecule has 0 fully saturated rings. The molecule has 0 saturated heterocycles. The Morgan fingerprint density at radius 2 is 1.93 bits per heavy atom. The Hall–Kier alpha value is -3.39. The first-order valence-electron chi connectivity index (χ1n) is 8.20. The van der Waals surface area contributed by atoms with Crippen LogP contribution in [0.4, 0.5) is 14.5 Å². The van der Waals surface area contributed by atoms with E-state index in [1.54, 1.807) is 42.6 Å². The van der Waals surface area contributed by atoms with Gasteiger partial charge in [0.05, 0.1) is 5.56 Å². The van der Waals surface area contributed by atoms with Crippen LogP contribution >= 0.6 is 12.2 Å². The summed E-state index contributed by atoms with van der Waals surface area (Å²) in [5, 5.41) is 5.56. The molecular weight excluding hydrogens is 384 g/mol. The Morgan fingerprint density at radius 3 is 2.68 bits per heavy atom. The third kappa shape index (κ3) is 5.31. The molecule has 0 spiro atoms. The fourth-order valence-electron chi connectivity index (χ4n) is 2.29. The Morgan fingerprint density at radius 1 is 1.07 bits per heavy atom. The number of ether oxygens (including phenoxy) is 1. The van der Waals surface area contributed by atoms with Gasteiger partial charge in [-0.1, -0.05) is 12.1 Å². The second kappa shape index (κ2) is 9.01. The van der Waals surface area contributed by atoms with Crippen molar-refractivity contribution in [2.75, 3.05) is 5.32 Å². The lowest BCUT2D eigenvalue weighted by Crippen LogP contribution is -2.34. The molecule has 2 aromatic carbocycles. The number of pyridine rings is 1. The fraction of sp³-hybridized carbons (Fsp3) is 0.0500. The first-order valence-corrected chi connectivity index (χ1v) is 8.61. The highest BCUT2D eigenvalue weighted by Crippen LogP contribution is 2.19. The van der Waals surface area contributed by atoms with Crippen LogP contribution < -0.4 is 15.4 Å². The number of benzene rings is 2. The lowest BCUT2D eigenvalue weighted by Gasteiger charge is -2.11. The van der Waals surface area contributed by atoms with Gasteiger partial charge in [0, 0.05) is 24.1 Å². The van der Waals surface area contributed by atoms with E-state index in [2.05, 4.69) is 15.6 Å². The number of amides is 1. The highest BCUT2D eigenvalue weighted by atomic mass is 32.1. The number of aromatic nitrogens is 1. The molecule has 0 bridgehead atoms. The SMILES string of the molecule is O=C(NC(=S)Nc1cccc(OCc2ccc(F)c(F)c2)c1)c1cccnc1.